The van der Waals surface area contributed by atoms with Gasteiger partial charge in [0.2, 0.25) is 0 Å². The van der Waals surface area contributed by atoms with Crippen LogP contribution in [0.4, 0.5) is 0 Å². The van der Waals surface area contributed by atoms with Crippen LogP contribution < -0.4 is 0 Å². The molecule has 2 unspecified atom stereocenters. The van der Waals surface area contributed by atoms with Crippen molar-refractivity contribution in [3.63, 3.8) is 0 Å². The van der Waals surface area contributed by atoms with Gasteiger partial charge in [0.15, 0.2) is 0 Å². The number of aromatic nitrogens is 5. The van der Waals surface area contributed by atoms with E-state index in [0.29, 0.717) is 11.8 Å². The summed E-state index contributed by atoms with van der Waals surface area (Å²) < 4.78 is 4.36. The van der Waals surface area contributed by atoms with Gasteiger partial charge in [-0.25, -0.2) is 9.97 Å². The van der Waals surface area contributed by atoms with E-state index in [0.717, 1.165) is 34.3 Å². The number of fused-ring (bicyclic) bond motifs is 4. The molecule has 5 heteroatoms. The highest BCUT2D eigenvalue weighted by Crippen LogP contribution is 2.48. The highest BCUT2D eigenvalue weighted by molar-refractivity contribution is 5.91. The van der Waals surface area contributed by atoms with Gasteiger partial charge in [-0.05, 0) is 56.5 Å². The third-order valence-electron chi connectivity index (χ3n) is 6.29. The molecule has 0 bridgehead atoms. The number of rotatable bonds is 2. The Morgan fingerprint density at radius 3 is 2.46 bits per heavy atom. The zero-order chi connectivity index (χ0) is 18.8. The molecule has 1 fully saturated rings. The lowest BCUT2D eigenvalue weighted by atomic mass is 9.70. The summed E-state index contributed by atoms with van der Waals surface area (Å²) >= 11 is 0. The second-order valence-corrected chi connectivity index (χ2v) is 7.96. The van der Waals surface area contributed by atoms with E-state index in [2.05, 4.69) is 70.5 Å². The monoisotopic (exact) mass is 367 g/mol. The lowest BCUT2D eigenvalue weighted by molar-refractivity contribution is 0.335. The number of imidazole rings is 2. The Morgan fingerprint density at radius 1 is 0.893 bits per heavy atom. The predicted octanol–water partition coefficient (Wildman–Crippen LogP) is 4.81. The second kappa shape index (κ2) is 5.64. The van der Waals surface area contributed by atoms with Gasteiger partial charge in [0.1, 0.15) is 11.3 Å². The molecular formula is C23H21N5. The summed E-state index contributed by atoms with van der Waals surface area (Å²) in [5.74, 6) is 0.866. The molecule has 0 aromatic carbocycles. The Morgan fingerprint density at radius 2 is 1.68 bits per heavy atom. The molecule has 0 spiro atoms. The molecule has 0 aliphatic heterocycles. The van der Waals surface area contributed by atoms with E-state index in [1.807, 2.05) is 12.3 Å². The van der Waals surface area contributed by atoms with Crippen molar-refractivity contribution in [2.45, 2.75) is 38.5 Å². The minimum absolute atomic E-state index is 0.428. The Labute approximate surface area is 162 Å². The van der Waals surface area contributed by atoms with Crippen molar-refractivity contribution in [2.75, 3.05) is 0 Å². The van der Waals surface area contributed by atoms with Crippen molar-refractivity contribution in [2.24, 2.45) is 0 Å². The number of hydrogen-bond acceptors (Lipinski definition) is 3. The average Bonchev–Trinajstić information content (AvgIpc) is 3.29. The van der Waals surface area contributed by atoms with Gasteiger partial charge >= 0.3 is 0 Å². The van der Waals surface area contributed by atoms with Gasteiger partial charge in [-0.1, -0.05) is 6.07 Å². The lowest BCUT2D eigenvalue weighted by Gasteiger charge is -2.34. The van der Waals surface area contributed by atoms with Crippen molar-refractivity contribution in [3.05, 3.63) is 77.8 Å². The van der Waals surface area contributed by atoms with Crippen LogP contribution in [0.25, 0.3) is 22.2 Å². The van der Waals surface area contributed by atoms with Crippen molar-refractivity contribution in [3.8, 4) is 0 Å². The predicted molar refractivity (Wildman–Crippen MR) is 110 cm³/mol. The quantitative estimate of drug-likeness (QED) is 0.450. The highest BCUT2D eigenvalue weighted by Gasteiger charge is 2.37. The summed E-state index contributed by atoms with van der Waals surface area (Å²) in [4.78, 5) is 14.5. The molecule has 0 radical (unpaired) electrons. The van der Waals surface area contributed by atoms with E-state index in [9.17, 15) is 0 Å². The Balaban J connectivity index is 1.43. The van der Waals surface area contributed by atoms with E-state index in [1.165, 1.54) is 23.4 Å². The van der Waals surface area contributed by atoms with Crippen LogP contribution in [0.1, 0.15) is 47.3 Å². The number of pyridine rings is 3. The minimum Gasteiger partial charge on any atom is -0.306 e. The first-order valence-electron chi connectivity index (χ1n) is 9.86. The van der Waals surface area contributed by atoms with E-state index < -0.39 is 0 Å². The van der Waals surface area contributed by atoms with Crippen LogP contribution in [0, 0.1) is 13.8 Å². The molecule has 2 atom stereocenters. The van der Waals surface area contributed by atoms with Crippen molar-refractivity contribution >= 4 is 22.2 Å². The summed E-state index contributed by atoms with van der Waals surface area (Å²) in [6, 6.07) is 10.4. The molecule has 138 valence electrons. The maximum atomic E-state index is 5.02. The molecule has 0 N–H and O–H groups in total. The van der Waals surface area contributed by atoms with E-state index in [4.69, 9.17) is 9.97 Å². The number of aryl methyl sites for hydroxylation is 2. The van der Waals surface area contributed by atoms with Gasteiger partial charge < -0.3 is 8.80 Å². The van der Waals surface area contributed by atoms with Crippen LogP contribution in [0.2, 0.25) is 0 Å². The molecule has 5 aromatic heterocycles. The summed E-state index contributed by atoms with van der Waals surface area (Å²) in [6.07, 6.45) is 10.6. The molecular weight excluding hydrogens is 346 g/mol. The van der Waals surface area contributed by atoms with Crippen LogP contribution in [0.5, 0.6) is 0 Å². The first-order chi connectivity index (χ1) is 13.7. The molecule has 0 amide bonds. The van der Waals surface area contributed by atoms with Gasteiger partial charge in [0.25, 0.3) is 0 Å². The molecule has 28 heavy (non-hydrogen) atoms. The van der Waals surface area contributed by atoms with Gasteiger partial charge in [-0.3, -0.25) is 4.98 Å². The summed E-state index contributed by atoms with van der Waals surface area (Å²) in [5, 5.41) is 1.10. The first kappa shape index (κ1) is 15.8. The molecule has 0 saturated heterocycles. The molecule has 6 rings (SSSR count). The van der Waals surface area contributed by atoms with Gasteiger partial charge in [0.05, 0.1) is 16.9 Å². The van der Waals surface area contributed by atoms with Crippen molar-refractivity contribution < 1.29 is 0 Å². The summed E-state index contributed by atoms with van der Waals surface area (Å²) in [7, 11) is 0. The average molecular weight is 367 g/mol. The fourth-order valence-electron chi connectivity index (χ4n) is 4.53. The molecule has 5 heterocycles. The molecule has 1 aliphatic carbocycles. The van der Waals surface area contributed by atoms with Gasteiger partial charge in [-0.2, -0.15) is 0 Å². The number of nitrogens with zero attached hydrogens (tertiary/aromatic N) is 5. The Hall–Kier alpha value is -3.21. The normalized spacial score (nSPS) is 19.5. The zero-order valence-corrected chi connectivity index (χ0v) is 16.0. The van der Waals surface area contributed by atoms with Crippen LogP contribution in [0.15, 0.2) is 55.1 Å². The third-order valence-corrected chi connectivity index (χ3v) is 6.29. The Bertz CT molecular complexity index is 1320. The highest BCUT2D eigenvalue weighted by atomic mass is 15.0. The van der Waals surface area contributed by atoms with Gasteiger partial charge in [0, 0.05) is 47.7 Å². The van der Waals surface area contributed by atoms with Crippen LogP contribution in [-0.4, -0.2) is 23.8 Å². The molecule has 1 saturated carbocycles. The molecule has 5 nitrogen and oxygen atoms in total. The van der Waals surface area contributed by atoms with E-state index in [1.54, 1.807) is 0 Å². The zero-order valence-electron chi connectivity index (χ0n) is 16.0. The Kier molecular flexibility index (Phi) is 3.19. The maximum Gasteiger partial charge on any atom is 0.146 e. The summed E-state index contributed by atoms with van der Waals surface area (Å²) in [5.41, 5.74) is 7.86. The van der Waals surface area contributed by atoms with E-state index in [-0.39, 0.29) is 0 Å². The van der Waals surface area contributed by atoms with Gasteiger partial charge in [-0.15, -0.1) is 0 Å². The van der Waals surface area contributed by atoms with Crippen LogP contribution >= 0.6 is 0 Å². The number of hydrogen-bond donors (Lipinski definition) is 0. The van der Waals surface area contributed by atoms with Crippen molar-refractivity contribution in [1.29, 1.82) is 0 Å². The standard InChI is InChI=1S/C23H21N5/c1-14-5-6-15(2)28-13-21(25-22(14)28)17-8-7-16(17)20-12-27-11-9-19-18(23(27)26-20)4-3-10-24-19/h3-6,9-13,16-17H,7-8H2,1-2H3. The smallest absolute Gasteiger partial charge is 0.146 e. The first-order valence-corrected chi connectivity index (χ1v) is 9.86. The lowest BCUT2D eigenvalue weighted by Crippen LogP contribution is -2.22. The maximum absolute atomic E-state index is 5.02. The topological polar surface area (TPSA) is 47.5 Å². The fourth-order valence-corrected chi connectivity index (χ4v) is 4.53. The molecule has 5 aromatic rings. The van der Waals surface area contributed by atoms with E-state index >= 15 is 0 Å². The van der Waals surface area contributed by atoms with Crippen molar-refractivity contribution in [1.82, 2.24) is 23.8 Å². The second-order valence-electron chi connectivity index (χ2n) is 7.96. The minimum atomic E-state index is 0.428. The van der Waals surface area contributed by atoms with Crippen LogP contribution in [0.3, 0.4) is 0 Å². The summed E-state index contributed by atoms with van der Waals surface area (Å²) in [6.45, 7) is 4.27. The SMILES string of the molecule is Cc1ccc(C)n2cc(C3CCC3c3cn4ccc5ncccc5c4n3)nc12. The largest absolute Gasteiger partial charge is 0.306 e. The fraction of sp³-hybridized carbons (Fsp3) is 0.261. The third kappa shape index (κ3) is 2.16. The van der Waals surface area contributed by atoms with Crippen LogP contribution in [-0.2, 0) is 0 Å². The molecule has 1 aliphatic rings.